The molecule has 1 fully saturated rings. The molecule has 0 aliphatic carbocycles. The summed E-state index contributed by atoms with van der Waals surface area (Å²) in [6.07, 6.45) is 3.85. The van der Waals surface area contributed by atoms with E-state index in [1.807, 2.05) is 0 Å². The lowest BCUT2D eigenvalue weighted by molar-refractivity contribution is 0.250. The molecule has 2 atom stereocenters. The van der Waals surface area contributed by atoms with Crippen LogP contribution in [-0.2, 0) is 0 Å². The van der Waals surface area contributed by atoms with Gasteiger partial charge in [0.15, 0.2) is 0 Å². The summed E-state index contributed by atoms with van der Waals surface area (Å²) in [4.78, 5) is 2.57. The number of nitrogens with zero attached hydrogens (tertiary/aromatic N) is 1. The first-order chi connectivity index (χ1) is 8.31. The summed E-state index contributed by atoms with van der Waals surface area (Å²) in [6, 6.07) is 11.4. The van der Waals surface area contributed by atoms with Crippen LogP contribution >= 0.6 is 0 Å². The Morgan fingerprint density at radius 1 is 1.35 bits per heavy atom. The number of hydrogen-bond acceptors (Lipinski definition) is 2. The summed E-state index contributed by atoms with van der Waals surface area (Å²) in [6.45, 7) is 5.57. The Kier molecular flexibility index (Phi) is 4.57. The Bertz CT molecular complexity index is 323. The SMILES string of the molecule is CC(CCN1CCCC1CN)c1ccccc1. The summed E-state index contributed by atoms with van der Waals surface area (Å²) in [5, 5.41) is 0. The van der Waals surface area contributed by atoms with Crippen LogP contribution < -0.4 is 5.73 Å². The fourth-order valence-corrected chi connectivity index (χ4v) is 2.76. The molecular formula is C15H24N2. The Labute approximate surface area is 105 Å². The van der Waals surface area contributed by atoms with E-state index < -0.39 is 0 Å². The van der Waals surface area contributed by atoms with Crippen LogP contribution in [0.4, 0.5) is 0 Å². The minimum absolute atomic E-state index is 0.637. The topological polar surface area (TPSA) is 29.3 Å². The summed E-state index contributed by atoms with van der Waals surface area (Å²) >= 11 is 0. The highest BCUT2D eigenvalue weighted by Crippen LogP contribution is 2.22. The van der Waals surface area contributed by atoms with Gasteiger partial charge >= 0.3 is 0 Å². The van der Waals surface area contributed by atoms with E-state index in [1.165, 1.54) is 37.9 Å². The molecule has 2 unspecified atom stereocenters. The predicted molar refractivity (Wildman–Crippen MR) is 73.1 cm³/mol. The first-order valence-electron chi connectivity index (χ1n) is 6.80. The zero-order chi connectivity index (χ0) is 12.1. The van der Waals surface area contributed by atoms with Crippen LogP contribution in [0.5, 0.6) is 0 Å². The van der Waals surface area contributed by atoms with E-state index in [0.717, 1.165) is 6.54 Å². The molecule has 0 aromatic heterocycles. The van der Waals surface area contributed by atoms with Crippen molar-refractivity contribution in [1.29, 1.82) is 0 Å². The molecule has 1 heterocycles. The smallest absolute Gasteiger partial charge is 0.0218 e. The van der Waals surface area contributed by atoms with Crippen molar-refractivity contribution in [3.63, 3.8) is 0 Å². The molecule has 2 rings (SSSR count). The minimum atomic E-state index is 0.637. The summed E-state index contributed by atoms with van der Waals surface area (Å²) < 4.78 is 0. The van der Waals surface area contributed by atoms with E-state index in [2.05, 4.69) is 42.2 Å². The monoisotopic (exact) mass is 232 g/mol. The number of hydrogen-bond donors (Lipinski definition) is 1. The Hall–Kier alpha value is -0.860. The number of nitrogens with two attached hydrogens (primary N) is 1. The second-order valence-electron chi connectivity index (χ2n) is 5.17. The van der Waals surface area contributed by atoms with Gasteiger partial charge < -0.3 is 5.73 Å². The summed E-state index contributed by atoms with van der Waals surface area (Å²) in [5.41, 5.74) is 7.25. The largest absolute Gasteiger partial charge is 0.329 e. The third-order valence-electron chi connectivity index (χ3n) is 3.99. The lowest BCUT2D eigenvalue weighted by Crippen LogP contribution is -2.36. The maximum atomic E-state index is 5.80. The van der Waals surface area contributed by atoms with Gasteiger partial charge in [0.2, 0.25) is 0 Å². The van der Waals surface area contributed by atoms with Crippen molar-refractivity contribution in [2.45, 2.75) is 38.1 Å². The van der Waals surface area contributed by atoms with Gasteiger partial charge in [-0.2, -0.15) is 0 Å². The molecule has 0 spiro atoms. The van der Waals surface area contributed by atoms with Crippen molar-refractivity contribution in [2.24, 2.45) is 5.73 Å². The number of likely N-dealkylation sites (tertiary alicyclic amines) is 1. The van der Waals surface area contributed by atoms with Gasteiger partial charge in [0, 0.05) is 12.6 Å². The Morgan fingerprint density at radius 2 is 2.12 bits per heavy atom. The standard InChI is InChI=1S/C15H24N2/c1-13(14-6-3-2-4-7-14)9-11-17-10-5-8-15(17)12-16/h2-4,6-7,13,15H,5,8-12,16H2,1H3. The van der Waals surface area contributed by atoms with Crippen LogP contribution in [-0.4, -0.2) is 30.6 Å². The zero-order valence-electron chi connectivity index (χ0n) is 10.8. The van der Waals surface area contributed by atoms with Crippen LogP contribution in [0.3, 0.4) is 0 Å². The van der Waals surface area contributed by atoms with Crippen LogP contribution in [0.15, 0.2) is 30.3 Å². The molecule has 0 bridgehead atoms. The number of rotatable bonds is 5. The summed E-state index contributed by atoms with van der Waals surface area (Å²) in [5.74, 6) is 0.648. The van der Waals surface area contributed by atoms with Crippen molar-refractivity contribution in [3.05, 3.63) is 35.9 Å². The second kappa shape index (κ2) is 6.18. The van der Waals surface area contributed by atoms with Gasteiger partial charge in [0.1, 0.15) is 0 Å². The van der Waals surface area contributed by atoms with Crippen molar-refractivity contribution >= 4 is 0 Å². The molecule has 1 aliphatic heterocycles. The molecule has 1 saturated heterocycles. The molecule has 94 valence electrons. The molecule has 0 radical (unpaired) electrons. The first kappa shape index (κ1) is 12.6. The quantitative estimate of drug-likeness (QED) is 0.845. The van der Waals surface area contributed by atoms with Gasteiger partial charge in [-0.25, -0.2) is 0 Å². The van der Waals surface area contributed by atoms with E-state index in [-0.39, 0.29) is 0 Å². The summed E-state index contributed by atoms with van der Waals surface area (Å²) in [7, 11) is 0. The van der Waals surface area contributed by atoms with E-state index >= 15 is 0 Å². The first-order valence-corrected chi connectivity index (χ1v) is 6.80. The van der Waals surface area contributed by atoms with Crippen LogP contribution in [0, 0.1) is 0 Å². The molecule has 1 aromatic carbocycles. The van der Waals surface area contributed by atoms with E-state index in [0.29, 0.717) is 12.0 Å². The van der Waals surface area contributed by atoms with Gasteiger partial charge in [-0.1, -0.05) is 37.3 Å². The molecule has 0 amide bonds. The van der Waals surface area contributed by atoms with Gasteiger partial charge in [0.05, 0.1) is 0 Å². The van der Waals surface area contributed by atoms with E-state index in [9.17, 15) is 0 Å². The fraction of sp³-hybridized carbons (Fsp3) is 0.600. The van der Waals surface area contributed by atoms with Crippen molar-refractivity contribution in [1.82, 2.24) is 4.90 Å². The molecule has 1 aliphatic rings. The molecule has 0 saturated carbocycles. The fourth-order valence-electron chi connectivity index (χ4n) is 2.76. The van der Waals surface area contributed by atoms with Gasteiger partial charge in [0.25, 0.3) is 0 Å². The maximum Gasteiger partial charge on any atom is 0.0218 e. The third-order valence-corrected chi connectivity index (χ3v) is 3.99. The second-order valence-corrected chi connectivity index (χ2v) is 5.17. The highest BCUT2D eigenvalue weighted by Gasteiger charge is 2.22. The maximum absolute atomic E-state index is 5.80. The normalized spacial score (nSPS) is 22.8. The molecule has 17 heavy (non-hydrogen) atoms. The molecular weight excluding hydrogens is 208 g/mol. The van der Waals surface area contributed by atoms with Gasteiger partial charge in [-0.3, -0.25) is 4.90 Å². The van der Waals surface area contributed by atoms with Crippen molar-refractivity contribution in [2.75, 3.05) is 19.6 Å². The zero-order valence-corrected chi connectivity index (χ0v) is 10.8. The molecule has 1 aromatic rings. The van der Waals surface area contributed by atoms with Crippen LogP contribution in [0.25, 0.3) is 0 Å². The predicted octanol–water partition coefficient (Wildman–Crippen LogP) is 2.60. The highest BCUT2D eigenvalue weighted by molar-refractivity contribution is 5.18. The third kappa shape index (κ3) is 3.30. The highest BCUT2D eigenvalue weighted by atomic mass is 15.2. The lowest BCUT2D eigenvalue weighted by atomic mass is 9.97. The average Bonchev–Trinajstić information content (AvgIpc) is 2.84. The molecule has 2 nitrogen and oxygen atoms in total. The van der Waals surface area contributed by atoms with Crippen LogP contribution in [0.2, 0.25) is 0 Å². The average molecular weight is 232 g/mol. The molecule has 2 N–H and O–H groups in total. The van der Waals surface area contributed by atoms with Crippen molar-refractivity contribution in [3.8, 4) is 0 Å². The Balaban J connectivity index is 1.82. The van der Waals surface area contributed by atoms with Gasteiger partial charge in [-0.15, -0.1) is 0 Å². The van der Waals surface area contributed by atoms with Crippen molar-refractivity contribution < 1.29 is 0 Å². The number of benzene rings is 1. The van der Waals surface area contributed by atoms with E-state index in [4.69, 9.17) is 5.73 Å². The molecule has 2 heteroatoms. The van der Waals surface area contributed by atoms with Crippen LogP contribution in [0.1, 0.15) is 37.7 Å². The minimum Gasteiger partial charge on any atom is -0.329 e. The van der Waals surface area contributed by atoms with Gasteiger partial charge in [-0.05, 0) is 43.8 Å². The Morgan fingerprint density at radius 3 is 2.82 bits per heavy atom. The van der Waals surface area contributed by atoms with E-state index in [1.54, 1.807) is 0 Å². The lowest BCUT2D eigenvalue weighted by Gasteiger charge is -2.24.